The maximum atomic E-state index is 11.0. The molecule has 0 aromatic rings. The molecule has 0 bridgehead atoms. The summed E-state index contributed by atoms with van der Waals surface area (Å²) in [5.41, 5.74) is 0. The largest absolute Gasteiger partial charge is 0.307 e. The molecule has 66 valence electrons. The van der Waals surface area contributed by atoms with E-state index in [-0.39, 0.29) is 11.8 Å². The highest BCUT2D eigenvalue weighted by molar-refractivity contribution is 5.81. The summed E-state index contributed by atoms with van der Waals surface area (Å²) in [5.74, 6) is 0.264. The summed E-state index contributed by atoms with van der Waals surface area (Å²) in [5, 5.41) is 3.22. The van der Waals surface area contributed by atoms with Crippen LogP contribution < -0.4 is 5.32 Å². The third kappa shape index (κ3) is 4.96. The van der Waals surface area contributed by atoms with Crippen LogP contribution in [0.25, 0.3) is 0 Å². The Hall–Kier alpha value is -0.370. The monoisotopic (exact) mass is 157 g/mol. The summed E-state index contributed by atoms with van der Waals surface area (Å²) in [6, 6.07) is 0.0972. The van der Waals surface area contributed by atoms with E-state index in [2.05, 4.69) is 19.2 Å². The summed E-state index contributed by atoms with van der Waals surface area (Å²) >= 11 is 0. The first-order valence-corrected chi connectivity index (χ1v) is 4.46. The van der Waals surface area contributed by atoms with Crippen LogP contribution in [-0.4, -0.2) is 18.4 Å². The van der Waals surface area contributed by atoms with Crippen molar-refractivity contribution in [1.82, 2.24) is 5.32 Å². The van der Waals surface area contributed by atoms with Gasteiger partial charge in [0.05, 0.1) is 6.04 Å². The molecule has 0 heterocycles. The van der Waals surface area contributed by atoms with Gasteiger partial charge in [0.2, 0.25) is 0 Å². The Morgan fingerprint density at radius 2 is 2.00 bits per heavy atom. The molecule has 0 spiro atoms. The van der Waals surface area contributed by atoms with Crippen LogP contribution in [-0.2, 0) is 4.79 Å². The second kappa shape index (κ2) is 6.35. The number of carbonyl (C=O) groups excluding carboxylic acids is 1. The van der Waals surface area contributed by atoms with Crippen LogP contribution in [0.2, 0.25) is 0 Å². The molecule has 0 aromatic carbocycles. The number of ketones is 1. The van der Waals surface area contributed by atoms with Crippen LogP contribution in [0.4, 0.5) is 0 Å². The zero-order chi connectivity index (χ0) is 8.69. The number of Topliss-reactive ketones (excluding diaryl/α,β-unsaturated/α-hetero) is 1. The van der Waals surface area contributed by atoms with E-state index in [0.717, 1.165) is 25.8 Å². The minimum atomic E-state index is 0.0972. The van der Waals surface area contributed by atoms with Crippen molar-refractivity contribution in [2.45, 2.75) is 46.1 Å². The summed E-state index contributed by atoms with van der Waals surface area (Å²) in [7, 11) is 0. The van der Waals surface area contributed by atoms with Gasteiger partial charge in [0, 0.05) is 0 Å². The van der Waals surface area contributed by atoms with Gasteiger partial charge in [-0.3, -0.25) is 4.79 Å². The Morgan fingerprint density at radius 3 is 2.36 bits per heavy atom. The van der Waals surface area contributed by atoms with Crippen molar-refractivity contribution in [2.24, 2.45) is 0 Å². The Kier molecular flexibility index (Phi) is 6.13. The quantitative estimate of drug-likeness (QED) is 0.636. The number of rotatable bonds is 6. The van der Waals surface area contributed by atoms with Gasteiger partial charge in [-0.05, 0) is 26.3 Å². The molecule has 0 amide bonds. The lowest BCUT2D eigenvalue weighted by Crippen LogP contribution is -2.35. The molecular weight excluding hydrogens is 138 g/mol. The van der Waals surface area contributed by atoms with Crippen molar-refractivity contribution in [1.29, 1.82) is 0 Å². The van der Waals surface area contributed by atoms with Crippen LogP contribution in [0, 0.1) is 0 Å². The Bertz CT molecular complexity index is 112. The first kappa shape index (κ1) is 10.6. The fraction of sp³-hybridized carbons (Fsp3) is 0.889. The van der Waals surface area contributed by atoms with E-state index in [1.165, 1.54) is 0 Å². The molecule has 0 aliphatic carbocycles. The Morgan fingerprint density at radius 1 is 1.36 bits per heavy atom. The fourth-order valence-corrected chi connectivity index (χ4v) is 1.06. The Labute approximate surface area is 69.4 Å². The molecule has 2 nitrogen and oxygen atoms in total. The maximum absolute atomic E-state index is 11.0. The lowest BCUT2D eigenvalue weighted by Gasteiger charge is -2.13. The van der Waals surface area contributed by atoms with Crippen molar-refractivity contribution in [2.75, 3.05) is 6.54 Å². The van der Waals surface area contributed by atoms with Crippen molar-refractivity contribution < 1.29 is 4.79 Å². The van der Waals surface area contributed by atoms with Gasteiger partial charge in [0.1, 0.15) is 5.78 Å². The third-order valence-corrected chi connectivity index (χ3v) is 1.71. The molecule has 1 atom stereocenters. The highest BCUT2D eigenvalue weighted by Crippen LogP contribution is 1.97. The standard InChI is InChI=1S/C9H19NO/c1-4-6-9(8(3)11)10-7-5-2/h9-10H,4-7H2,1-3H3/t9-/m0/s1. The average Bonchev–Trinajstić information content (AvgIpc) is 1.97. The SMILES string of the molecule is CCCN[C@@H](CCC)C(C)=O. The molecule has 0 saturated heterocycles. The molecule has 11 heavy (non-hydrogen) atoms. The molecule has 0 unspecified atom stereocenters. The lowest BCUT2D eigenvalue weighted by atomic mass is 10.1. The van der Waals surface area contributed by atoms with Crippen LogP contribution >= 0.6 is 0 Å². The van der Waals surface area contributed by atoms with Crippen molar-refractivity contribution in [3.63, 3.8) is 0 Å². The molecule has 0 aliphatic heterocycles. The zero-order valence-corrected chi connectivity index (χ0v) is 7.81. The summed E-state index contributed by atoms with van der Waals surface area (Å²) in [6.07, 6.45) is 3.13. The minimum Gasteiger partial charge on any atom is -0.307 e. The number of carbonyl (C=O) groups is 1. The highest BCUT2D eigenvalue weighted by Gasteiger charge is 2.10. The van der Waals surface area contributed by atoms with Crippen molar-refractivity contribution >= 4 is 5.78 Å². The molecule has 0 rings (SSSR count). The first-order valence-electron chi connectivity index (χ1n) is 4.46. The minimum absolute atomic E-state index is 0.0972. The van der Waals surface area contributed by atoms with Crippen LogP contribution in [0.5, 0.6) is 0 Å². The van der Waals surface area contributed by atoms with E-state index < -0.39 is 0 Å². The molecule has 0 fully saturated rings. The van der Waals surface area contributed by atoms with Crippen molar-refractivity contribution in [3.8, 4) is 0 Å². The summed E-state index contributed by atoms with van der Waals surface area (Å²) in [6.45, 7) is 6.81. The molecular formula is C9H19NO. The fourth-order valence-electron chi connectivity index (χ4n) is 1.06. The number of hydrogen-bond donors (Lipinski definition) is 1. The molecule has 2 heteroatoms. The van der Waals surface area contributed by atoms with Gasteiger partial charge in [-0.25, -0.2) is 0 Å². The van der Waals surface area contributed by atoms with E-state index in [9.17, 15) is 4.79 Å². The highest BCUT2D eigenvalue weighted by atomic mass is 16.1. The predicted octanol–water partition coefficient (Wildman–Crippen LogP) is 1.74. The normalized spacial score (nSPS) is 13.0. The smallest absolute Gasteiger partial charge is 0.146 e. The third-order valence-electron chi connectivity index (χ3n) is 1.71. The van der Waals surface area contributed by atoms with E-state index in [4.69, 9.17) is 0 Å². The first-order chi connectivity index (χ1) is 5.22. The number of hydrogen-bond acceptors (Lipinski definition) is 2. The average molecular weight is 157 g/mol. The van der Waals surface area contributed by atoms with Crippen LogP contribution in [0.15, 0.2) is 0 Å². The van der Waals surface area contributed by atoms with Crippen LogP contribution in [0.1, 0.15) is 40.0 Å². The predicted molar refractivity (Wildman–Crippen MR) is 47.7 cm³/mol. The molecule has 0 aromatic heterocycles. The summed E-state index contributed by atoms with van der Waals surface area (Å²) in [4.78, 5) is 11.0. The molecule has 0 saturated carbocycles. The molecule has 0 radical (unpaired) electrons. The van der Waals surface area contributed by atoms with Gasteiger partial charge in [-0.2, -0.15) is 0 Å². The molecule has 0 aliphatic rings. The maximum Gasteiger partial charge on any atom is 0.146 e. The van der Waals surface area contributed by atoms with Gasteiger partial charge in [-0.1, -0.05) is 20.3 Å². The number of nitrogens with one attached hydrogen (secondary N) is 1. The second-order valence-corrected chi connectivity index (χ2v) is 2.91. The second-order valence-electron chi connectivity index (χ2n) is 2.91. The van der Waals surface area contributed by atoms with Gasteiger partial charge >= 0.3 is 0 Å². The van der Waals surface area contributed by atoms with E-state index in [1.54, 1.807) is 6.92 Å². The van der Waals surface area contributed by atoms with Crippen molar-refractivity contribution in [3.05, 3.63) is 0 Å². The zero-order valence-electron chi connectivity index (χ0n) is 7.81. The Balaban J connectivity index is 3.60. The van der Waals surface area contributed by atoms with Gasteiger partial charge in [0.15, 0.2) is 0 Å². The lowest BCUT2D eigenvalue weighted by molar-refractivity contribution is -0.119. The van der Waals surface area contributed by atoms with Gasteiger partial charge in [0.25, 0.3) is 0 Å². The van der Waals surface area contributed by atoms with Gasteiger partial charge < -0.3 is 5.32 Å². The molecule has 1 N–H and O–H groups in total. The van der Waals surface area contributed by atoms with E-state index >= 15 is 0 Å². The van der Waals surface area contributed by atoms with E-state index in [0.29, 0.717) is 0 Å². The van der Waals surface area contributed by atoms with Crippen LogP contribution in [0.3, 0.4) is 0 Å². The summed E-state index contributed by atoms with van der Waals surface area (Å²) < 4.78 is 0. The van der Waals surface area contributed by atoms with E-state index in [1.807, 2.05) is 0 Å². The topological polar surface area (TPSA) is 29.1 Å². The van der Waals surface area contributed by atoms with Gasteiger partial charge in [-0.15, -0.1) is 0 Å².